The molecule has 4 heteroatoms. The molecule has 0 atom stereocenters. The molecule has 0 aromatic rings. The summed E-state index contributed by atoms with van der Waals surface area (Å²) in [6, 6.07) is 0. The van der Waals surface area contributed by atoms with Crippen LogP contribution in [0.1, 0.15) is 12.8 Å². The highest BCUT2D eigenvalue weighted by molar-refractivity contribution is 5.88. The molecule has 11 heavy (non-hydrogen) atoms. The normalized spacial score (nSPS) is 19.5. The zero-order chi connectivity index (χ0) is 8.10. The largest absolute Gasteiger partial charge is 0.388 e. The fourth-order valence-corrected chi connectivity index (χ4v) is 0.652. The van der Waals surface area contributed by atoms with E-state index in [1.165, 1.54) is 19.2 Å². The first-order valence-electron chi connectivity index (χ1n) is 3.74. The highest BCUT2D eigenvalue weighted by Gasteiger charge is 2.19. The average molecular weight is 155 g/mol. The summed E-state index contributed by atoms with van der Waals surface area (Å²) in [4.78, 5) is 7.71. The van der Waals surface area contributed by atoms with E-state index >= 15 is 0 Å². The molecule has 0 aliphatic heterocycles. The monoisotopic (exact) mass is 155 g/mol. The SMILES string of the molecule is NC(CO)=NC=NCC1CC1. The van der Waals surface area contributed by atoms with Crippen LogP contribution in [-0.4, -0.2) is 30.4 Å². The summed E-state index contributed by atoms with van der Waals surface area (Å²) in [6.45, 7) is 0.650. The Morgan fingerprint density at radius 1 is 1.64 bits per heavy atom. The van der Waals surface area contributed by atoms with E-state index in [2.05, 4.69) is 9.98 Å². The molecule has 1 aliphatic carbocycles. The van der Waals surface area contributed by atoms with E-state index in [4.69, 9.17) is 10.8 Å². The van der Waals surface area contributed by atoms with Crippen LogP contribution >= 0.6 is 0 Å². The Kier molecular flexibility index (Phi) is 3.04. The molecule has 0 saturated heterocycles. The molecular weight excluding hydrogens is 142 g/mol. The van der Waals surface area contributed by atoms with Crippen molar-refractivity contribution >= 4 is 12.2 Å². The highest BCUT2D eigenvalue weighted by Crippen LogP contribution is 2.28. The predicted octanol–water partition coefficient (Wildman–Crippen LogP) is -0.226. The standard InChI is InChI=1S/C7H13N3O/c8-7(4-11)10-5-9-3-6-1-2-6/h5-6,11H,1-4H2,(H2,8,9,10). The van der Waals surface area contributed by atoms with Crippen molar-refractivity contribution in [3.63, 3.8) is 0 Å². The molecular formula is C7H13N3O. The number of nitrogens with two attached hydrogens (primary N) is 1. The van der Waals surface area contributed by atoms with Gasteiger partial charge in [-0.15, -0.1) is 0 Å². The molecule has 1 fully saturated rings. The third-order valence-corrected chi connectivity index (χ3v) is 1.53. The van der Waals surface area contributed by atoms with Crippen LogP contribution in [0.25, 0.3) is 0 Å². The van der Waals surface area contributed by atoms with Crippen molar-refractivity contribution in [1.82, 2.24) is 0 Å². The molecule has 0 radical (unpaired) electrons. The fraction of sp³-hybridized carbons (Fsp3) is 0.714. The van der Waals surface area contributed by atoms with Gasteiger partial charge < -0.3 is 10.8 Å². The van der Waals surface area contributed by atoms with Crippen LogP contribution in [0.5, 0.6) is 0 Å². The van der Waals surface area contributed by atoms with Crippen molar-refractivity contribution in [1.29, 1.82) is 0 Å². The minimum absolute atomic E-state index is 0.199. The lowest BCUT2D eigenvalue weighted by atomic mass is 10.4. The molecule has 0 spiro atoms. The van der Waals surface area contributed by atoms with Crippen LogP contribution in [0.3, 0.4) is 0 Å². The van der Waals surface area contributed by atoms with Crippen molar-refractivity contribution in [2.24, 2.45) is 21.6 Å². The minimum Gasteiger partial charge on any atom is -0.388 e. The summed E-state index contributed by atoms with van der Waals surface area (Å²) in [5, 5.41) is 8.44. The van der Waals surface area contributed by atoms with Gasteiger partial charge >= 0.3 is 0 Å². The van der Waals surface area contributed by atoms with E-state index in [9.17, 15) is 0 Å². The maximum Gasteiger partial charge on any atom is 0.127 e. The Labute approximate surface area is 65.8 Å². The van der Waals surface area contributed by atoms with Gasteiger partial charge in [0.1, 0.15) is 18.8 Å². The Morgan fingerprint density at radius 3 is 2.91 bits per heavy atom. The van der Waals surface area contributed by atoms with Gasteiger partial charge in [0, 0.05) is 6.54 Å². The third kappa shape index (κ3) is 3.72. The maximum absolute atomic E-state index is 8.44. The van der Waals surface area contributed by atoms with Gasteiger partial charge in [-0.05, 0) is 18.8 Å². The maximum atomic E-state index is 8.44. The topological polar surface area (TPSA) is 71.0 Å². The molecule has 0 unspecified atom stereocenters. The molecule has 0 aromatic heterocycles. The number of amidine groups is 1. The van der Waals surface area contributed by atoms with E-state index in [0.717, 1.165) is 12.5 Å². The molecule has 62 valence electrons. The van der Waals surface area contributed by atoms with Crippen LogP contribution in [0.15, 0.2) is 9.98 Å². The zero-order valence-electron chi connectivity index (χ0n) is 6.40. The predicted molar refractivity (Wildman–Crippen MR) is 44.8 cm³/mol. The van der Waals surface area contributed by atoms with Gasteiger partial charge in [0.25, 0.3) is 0 Å². The van der Waals surface area contributed by atoms with Crippen molar-refractivity contribution in [2.75, 3.05) is 13.2 Å². The Hall–Kier alpha value is -0.900. The molecule has 0 bridgehead atoms. The molecule has 4 nitrogen and oxygen atoms in total. The highest BCUT2D eigenvalue weighted by atomic mass is 16.3. The average Bonchev–Trinajstić information content (AvgIpc) is 2.81. The van der Waals surface area contributed by atoms with Gasteiger partial charge in [-0.25, -0.2) is 4.99 Å². The van der Waals surface area contributed by atoms with Crippen LogP contribution in [0.4, 0.5) is 0 Å². The molecule has 0 heterocycles. The molecule has 3 N–H and O–H groups in total. The van der Waals surface area contributed by atoms with Crippen molar-refractivity contribution in [3.05, 3.63) is 0 Å². The number of aliphatic hydroxyl groups is 1. The summed E-state index contributed by atoms with van der Waals surface area (Å²) >= 11 is 0. The second kappa shape index (κ2) is 4.08. The lowest BCUT2D eigenvalue weighted by molar-refractivity contribution is 0.356. The summed E-state index contributed by atoms with van der Waals surface area (Å²) in [7, 11) is 0. The first-order valence-corrected chi connectivity index (χ1v) is 3.74. The van der Waals surface area contributed by atoms with E-state index in [0.29, 0.717) is 0 Å². The van der Waals surface area contributed by atoms with Crippen LogP contribution in [0, 0.1) is 5.92 Å². The quantitative estimate of drug-likeness (QED) is 0.435. The van der Waals surface area contributed by atoms with Crippen molar-refractivity contribution in [3.8, 4) is 0 Å². The lowest BCUT2D eigenvalue weighted by Crippen LogP contribution is -2.16. The number of nitrogens with zero attached hydrogens (tertiary/aromatic N) is 2. The molecule has 1 saturated carbocycles. The van der Waals surface area contributed by atoms with E-state index in [1.54, 1.807) is 0 Å². The van der Waals surface area contributed by atoms with Crippen LogP contribution < -0.4 is 5.73 Å². The van der Waals surface area contributed by atoms with Crippen LogP contribution in [0.2, 0.25) is 0 Å². The Morgan fingerprint density at radius 2 is 2.36 bits per heavy atom. The van der Waals surface area contributed by atoms with E-state index < -0.39 is 0 Å². The van der Waals surface area contributed by atoms with E-state index in [-0.39, 0.29) is 12.4 Å². The van der Waals surface area contributed by atoms with Gasteiger partial charge in [-0.2, -0.15) is 0 Å². The summed E-state index contributed by atoms with van der Waals surface area (Å²) in [6.07, 6.45) is 4.00. The number of hydrogen-bond acceptors (Lipinski definition) is 2. The molecule has 0 amide bonds. The summed E-state index contributed by atoms with van der Waals surface area (Å²) < 4.78 is 0. The van der Waals surface area contributed by atoms with Gasteiger partial charge in [-0.1, -0.05) is 0 Å². The Bertz CT molecular complexity index is 173. The second-order valence-corrected chi connectivity index (χ2v) is 2.70. The first kappa shape index (κ1) is 8.20. The molecule has 1 aliphatic rings. The first-order chi connectivity index (χ1) is 5.33. The fourth-order valence-electron chi connectivity index (χ4n) is 0.652. The third-order valence-electron chi connectivity index (χ3n) is 1.53. The number of hydrogen-bond donors (Lipinski definition) is 2. The number of aliphatic imine (C=N–C) groups is 2. The summed E-state index contributed by atoms with van der Waals surface area (Å²) in [5.74, 6) is 0.987. The molecule has 1 rings (SSSR count). The van der Waals surface area contributed by atoms with Gasteiger partial charge in [0.2, 0.25) is 0 Å². The smallest absolute Gasteiger partial charge is 0.127 e. The van der Waals surface area contributed by atoms with Crippen molar-refractivity contribution in [2.45, 2.75) is 12.8 Å². The molecule has 0 aromatic carbocycles. The summed E-state index contributed by atoms with van der Waals surface area (Å²) in [5.41, 5.74) is 5.21. The van der Waals surface area contributed by atoms with Crippen molar-refractivity contribution < 1.29 is 5.11 Å². The Balaban J connectivity index is 2.12. The van der Waals surface area contributed by atoms with Gasteiger partial charge in [0.05, 0.1) is 0 Å². The zero-order valence-corrected chi connectivity index (χ0v) is 6.40. The lowest BCUT2D eigenvalue weighted by Gasteiger charge is -1.88. The number of rotatable bonds is 4. The van der Waals surface area contributed by atoms with Gasteiger partial charge in [-0.3, -0.25) is 4.99 Å². The second-order valence-electron chi connectivity index (χ2n) is 2.70. The number of aliphatic hydroxyl groups excluding tert-OH is 1. The minimum atomic E-state index is -0.199. The van der Waals surface area contributed by atoms with Gasteiger partial charge in [0.15, 0.2) is 0 Å². The van der Waals surface area contributed by atoms with Crippen LogP contribution in [-0.2, 0) is 0 Å². The van der Waals surface area contributed by atoms with E-state index in [1.807, 2.05) is 0 Å².